The van der Waals surface area contributed by atoms with Crippen molar-refractivity contribution in [3.8, 4) is 5.75 Å². The van der Waals surface area contributed by atoms with Gasteiger partial charge in [-0.2, -0.15) is 0 Å². The van der Waals surface area contributed by atoms with Crippen molar-refractivity contribution in [2.45, 2.75) is 12.8 Å². The van der Waals surface area contributed by atoms with E-state index in [2.05, 4.69) is 22.4 Å². The van der Waals surface area contributed by atoms with Gasteiger partial charge >= 0.3 is 0 Å². The minimum atomic E-state index is 0.0959. The van der Waals surface area contributed by atoms with Gasteiger partial charge in [-0.25, -0.2) is 0 Å². The Kier molecular flexibility index (Phi) is 4.53. The van der Waals surface area contributed by atoms with Crippen molar-refractivity contribution >= 4 is 17.2 Å². The Morgan fingerprint density at radius 1 is 1.08 bits per heavy atom. The van der Waals surface area contributed by atoms with Crippen molar-refractivity contribution in [2.75, 3.05) is 31.6 Å². The molecule has 4 heteroatoms. The first-order valence-electron chi connectivity index (χ1n) is 8.81. The van der Waals surface area contributed by atoms with E-state index in [0.29, 0.717) is 13.0 Å². The minimum absolute atomic E-state index is 0.0959. The number of nitrogens with zero attached hydrogens (tertiary/aromatic N) is 1. The summed E-state index contributed by atoms with van der Waals surface area (Å²) in [6.07, 6.45) is 3.80. The summed E-state index contributed by atoms with van der Waals surface area (Å²) in [5.41, 5.74) is 4.71. The van der Waals surface area contributed by atoms with Crippen LogP contribution in [-0.2, 0) is 11.2 Å². The molecule has 2 aliphatic heterocycles. The van der Waals surface area contributed by atoms with Crippen LogP contribution in [0.1, 0.15) is 17.5 Å². The van der Waals surface area contributed by atoms with E-state index in [0.717, 1.165) is 43.1 Å². The number of carbonyl (C=O) groups is 1. The molecule has 2 aromatic carbocycles. The van der Waals surface area contributed by atoms with E-state index in [4.69, 9.17) is 4.74 Å². The minimum Gasteiger partial charge on any atom is -0.492 e. The number of rotatable bonds is 5. The van der Waals surface area contributed by atoms with Gasteiger partial charge in [0.2, 0.25) is 5.91 Å². The summed E-state index contributed by atoms with van der Waals surface area (Å²) in [4.78, 5) is 14.1. The van der Waals surface area contributed by atoms with Gasteiger partial charge in [0.15, 0.2) is 0 Å². The molecule has 2 aromatic rings. The van der Waals surface area contributed by atoms with Crippen molar-refractivity contribution in [3.05, 3.63) is 65.7 Å². The first kappa shape index (κ1) is 15.9. The van der Waals surface area contributed by atoms with E-state index >= 15 is 0 Å². The highest BCUT2D eigenvalue weighted by atomic mass is 16.5. The molecule has 2 aliphatic rings. The molecule has 4 rings (SSSR count). The van der Waals surface area contributed by atoms with Crippen LogP contribution in [0.3, 0.4) is 0 Å². The van der Waals surface area contributed by atoms with Crippen LogP contribution in [0.4, 0.5) is 5.69 Å². The number of para-hydroxylation sites is 1. The summed E-state index contributed by atoms with van der Waals surface area (Å²) in [6.45, 7) is 3.57. The molecule has 0 spiro atoms. The zero-order valence-corrected chi connectivity index (χ0v) is 14.2. The van der Waals surface area contributed by atoms with Crippen LogP contribution in [0, 0.1) is 0 Å². The van der Waals surface area contributed by atoms with Gasteiger partial charge < -0.3 is 10.1 Å². The van der Waals surface area contributed by atoms with Gasteiger partial charge in [0.05, 0.1) is 6.42 Å². The molecule has 0 bridgehead atoms. The van der Waals surface area contributed by atoms with Crippen LogP contribution in [0.5, 0.6) is 5.75 Å². The zero-order chi connectivity index (χ0) is 17.1. The molecular weight excluding hydrogens is 312 g/mol. The van der Waals surface area contributed by atoms with Crippen LogP contribution < -0.4 is 10.1 Å². The molecule has 0 aromatic heterocycles. The molecule has 1 amide bonds. The molecule has 0 saturated carbocycles. The number of fused-ring (bicyclic) bond motifs is 1. The number of anilines is 1. The largest absolute Gasteiger partial charge is 0.492 e. The first-order chi connectivity index (χ1) is 12.3. The smallest absolute Gasteiger partial charge is 0.228 e. The fourth-order valence-electron chi connectivity index (χ4n) is 3.52. The van der Waals surface area contributed by atoms with Gasteiger partial charge in [-0.3, -0.25) is 9.69 Å². The molecule has 0 saturated heterocycles. The van der Waals surface area contributed by atoms with Crippen LogP contribution in [0.2, 0.25) is 0 Å². The Morgan fingerprint density at radius 2 is 1.96 bits per heavy atom. The number of amides is 1. The molecule has 0 unspecified atom stereocenters. The average Bonchev–Trinajstić information content (AvgIpc) is 3.03. The van der Waals surface area contributed by atoms with Gasteiger partial charge in [0.25, 0.3) is 0 Å². The molecule has 0 aliphatic carbocycles. The van der Waals surface area contributed by atoms with Crippen LogP contribution in [0.25, 0.3) is 5.57 Å². The highest BCUT2D eigenvalue weighted by Crippen LogP contribution is 2.33. The normalized spacial score (nSPS) is 17.0. The highest BCUT2D eigenvalue weighted by molar-refractivity contribution is 6.01. The molecule has 4 nitrogen and oxygen atoms in total. The molecule has 2 heterocycles. The van der Waals surface area contributed by atoms with Gasteiger partial charge in [-0.15, -0.1) is 0 Å². The van der Waals surface area contributed by atoms with Gasteiger partial charge in [0, 0.05) is 25.3 Å². The highest BCUT2D eigenvalue weighted by Gasteiger charge is 2.23. The van der Waals surface area contributed by atoms with Crippen LogP contribution in [-0.4, -0.2) is 37.0 Å². The van der Waals surface area contributed by atoms with Crippen LogP contribution >= 0.6 is 0 Å². The fourth-order valence-corrected chi connectivity index (χ4v) is 3.52. The molecule has 1 N–H and O–H groups in total. The summed E-state index contributed by atoms with van der Waals surface area (Å²) >= 11 is 0. The summed E-state index contributed by atoms with van der Waals surface area (Å²) < 4.78 is 5.78. The number of benzene rings is 2. The van der Waals surface area contributed by atoms with Gasteiger partial charge in [-0.05, 0) is 41.3 Å². The van der Waals surface area contributed by atoms with Crippen molar-refractivity contribution in [2.24, 2.45) is 0 Å². The molecule has 128 valence electrons. The lowest BCUT2D eigenvalue weighted by Crippen LogP contribution is -2.32. The number of hydrogen-bond donors (Lipinski definition) is 1. The zero-order valence-electron chi connectivity index (χ0n) is 14.2. The maximum Gasteiger partial charge on any atom is 0.228 e. The third-order valence-electron chi connectivity index (χ3n) is 4.85. The second-order valence-electron chi connectivity index (χ2n) is 6.50. The Balaban J connectivity index is 1.35. The third-order valence-corrected chi connectivity index (χ3v) is 4.85. The topological polar surface area (TPSA) is 41.6 Å². The van der Waals surface area contributed by atoms with Gasteiger partial charge in [0.1, 0.15) is 12.4 Å². The molecule has 0 fully saturated rings. The Morgan fingerprint density at radius 3 is 2.76 bits per heavy atom. The van der Waals surface area contributed by atoms with E-state index in [-0.39, 0.29) is 5.91 Å². The van der Waals surface area contributed by atoms with E-state index in [1.165, 1.54) is 11.1 Å². The number of carbonyl (C=O) groups excluding carboxylic acids is 1. The van der Waals surface area contributed by atoms with E-state index in [9.17, 15) is 4.79 Å². The average molecular weight is 334 g/mol. The first-order valence-corrected chi connectivity index (χ1v) is 8.81. The molecule has 0 radical (unpaired) electrons. The molecule has 0 atom stereocenters. The van der Waals surface area contributed by atoms with E-state index < -0.39 is 0 Å². The van der Waals surface area contributed by atoms with Crippen molar-refractivity contribution in [1.29, 1.82) is 0 Å². The number of hydrogen-bond acceptors (Lipinski definition) is 3. The monoisotopic (exact) mass is 334 g/mol. The Labute approximate surface area is 148 Å². The summed E-state index contributed by atoms with van der Waals surface area (Å²) in [5, 5.41) is 2.94. The Hall–Kier alpha value is -2.59. The SMILES string of the molecule is O=C1Cc2c(cccc2C2=CCN(CCOc3ccccc3)CC2)N1. The van der Waals surface area contributed by atoms with Crippen molar-refractivity contribution in [3.63, 3.8) is 0 Å². The van der Waals surface area contributed by atoms with E-state index in [1.807, 2.05) is 42.5 Å². The molecular formula is C21H22N2O2. The Bertz CT molecular complexity index is 799. The van der Waals surface area contributed by atoms with E-state index in [1.54, 1.807) is 0 Å². The predicted molar refractivity (Wildman–Crippen MR) is 99.7 cm³/mol. The summed E-state index contributed by atoms with van der Waals surface area (Å²) in [6, 6.07) is 16.1. The maximum absolute atomic E-state index is 11.7. The van der Waals surface area contributed by atoms with Crippen molar-refractivity contribution < 1.29 is 9.53 Å². The maximum atomic E-state index is 11.7. The quantitative estimate of drug-likeness (QED) is 0.912. The van der Waals surface area contributed by atoms with Crippen molar-refractivity contribution in [1.82, 2.24) is 4.90 Å². The van der Waals surface area contributed by atoms with Crippen LogP contribution in [0.15, 0.2) is 54.6 Å². The third kappa shape index (κ3) is 3.59. The summed E-state index contributed by atoms with van der Waals surface area (Å²) in [5.74, 6) is 1.02. The summed E-state index contributed by atoms with van der Waals surface area (Å²) in [7, 11) is 0. The lowest BCUT2D eigenvalue weighted by atomic mass is 9.93. The fraction of sp³-hybridized carbons (Fsp3) is 0.286. The number of ether oxygens (including phenoxy) is 1. The second kappa shape index (κ2) is 7.11. The standard InChI is InChI=1S/C21H22N2O2/c24-21-15-19-18(7-4-8-20(19)22-21)16-9-11-23(12-10-16)13-14-25-17-5-2-1-3-6-17/h1-9H,10-15H2,(H,22,24). The predicted octanol–water partition coefficient (Wildman–Crippen LogP) is 3.35. The second-order valence-corrected chi connectivity index (χ2v) is 6.50. The number of nitrogens with one attached hydrogen (secondary N) is 1. The lowest BCUT2D eigenvalue weighted by Gasteiger charge is -2.27. The van der Waals surface area contributed by atoms with Gasteiger partial charge in [-0.1, -0.05) is 36.4 Å². The molecule has 25 heavy (non-hydrogen) atoms. The lowest BCUT2D eigenvalue weighted by molar-refractivity contribution is -0.115.